The summed E-state index contributed by atoms with van der Waals surface area (Å²) in [6, 6.07) is 20.3. The second kappa shape index (κ2) is 5.59. The maximum absolute atomic E-state index is 9.21. The zero-order chi connectivity index (χ0) is 14.7. The second-order valence-electron chi connectivity index (χ2n) is 5.61. The van der Waals surface area contributed by atoms with E-state index < -0.39 is 5.54 Å². The molecule has 3 nitrogen and oxygen atoms in total. The monoisotopic (exact) mass is 278 g/mol. The Morgan fingerprint density at radius 1 is 1.05 bits per heavy atom. The molecule has 1 aliphatic rings. The Kier molecular flexibility index (Phi) is 3.64. The lowest BCUT2D eigenvalue weighted by molar-refractivity contribution is 0.237. The molecule has 0 bridgehead atoms. The summed E-state index contributed by atoms with van der Waals surface area (Å²) in [4.78, 5) is 0. The van der Waals surface area contributed by atoms with Gasteiger partial charge in [-0.3, -0.25) is 0 Å². The molecular weight excluding hydrogens is 260 g/mol. The van der Waals surface area contributed by atoms with Crippen molar-refractivity contribution in [2.45, 2.75) is 18.4 Å². The van der Waals surface area contributed by atoms with Gasteiger partial charge in [-0.25, -0.2) is 0 Å². The molecule has 21 heavy (non-hydrogen) atoms. The topological polar surface area (TPSA) is 59.0 Å². The Morgan fingerprint density at radius 3 is 2.24 bits per heavy atom. The summed E-state index contributed by atoms with van der Waals surface area (Å²) in [7, 11) is 0. The minimum atomic E-state index is -0.849. The molecule has 2 N–H and O–H groups in total. The number of rotatable bonds is 5. The molecule has 0 amide bonds. The van der Waals surface area contributed by atoms with Gasteiger partial charge in [0, 0.05) is 0 Å². The van der Waals surface area contributed by atoms with Crippen LogP contribution in [0.2, 0.25) is 0 Å². The summed E-state index contributed by atoms with van der Waals surface area (Å²) in [5, 5.41) is 9.21. The number of hydrogen-bond donors (Lipinski definition) is 1. The Morgan fingerprint density at radius 2 is 1.67 bits per heavy atom. The van der Waals surface area contributed by atoms with Gasteiger partial charge < -0.3 is 10.5 Å². The van der Waals surface area contributed by atoms with Gasteiger partial charge in [0.25, 0.3) is 0 Å². The third-order valence-electron chi connectivity index (χ3n) is 3.95. The van der Waals surface area contributed by atoms with Gasteiger partial charge in [0.2, 0.25) is 0 Å². The predicted molar refractivity (Wildman–Crippen MR) is 82.6 cm³/mol. The van der Waals surface area contributed by atoms with Crippen molar-refractivity contribution >= 4 is 0 Å². The van der Waals surface area contributed by atoms with Gasteiger partial charge in [0.05, 0.1) is 6.07 Å². The standard InChI is InChI=1S/C18H18N2O/c19-12-18(20,16-8-9-16)13-21-17-10-6-15(7-11-17)14-4-2-1-3-5-14/h1-7,10-11,16H,8-9,13,20H2. The molecule has 0 heterocycles. The van der Waals surface area contributed by atoms with Gasteiger partial charge in [0.15, 0.2) is 0 Å². The molecule has 2 aromatic carbocycles. The van der Waals surface area contributed by atoms with Crippen LogP contribution in [0.3, 0.4) is 0 Å². The maximum Gasteiger partial charge on any atom is 0.141 e. The summed E-state index contributed by atoms with van der Waals surface area (Å²) in [5.74, 6) is 1.03. The normalized spacial score (nSPS) is 16.8. The van der Waals surface area contributed by atoms with Crippen molar-refractivity contribution in [1.82, 2.24) is 0 Å². The van der Waals surface area contributed by atoms with Crippen LogP contribution >= 0.6 is 0 Å². The Bertz CT molecular complexity index is 641. The summed E-state index contributed by atoms with van der Waals surface area (Å²) < 4.78 is 5.71. The summed E-state index contributed by atoms with van der Waals surface area (Å²) in [5.41, 5.74) is 7.55. The van der Waals surface area contributed by atoms with Crippen molar-refractivity contribution in [1.29, 1.82) is 5.26 Å². The summed E-state index contributed by atoms with van der Waals surface area (Å²) in [6.07, 6.45) is 2.06. The largest absolute Gasteiger partial charge is 0.491 e. The lowest BCUT2D eigenvalue weighted by Gasteiger charge is -2.21. The van der Waals surface area contributed by atoms with Gasteiger partial charge in [0.1, 0.15) is 17.9 Å². The molecular formula is C18H18N2O. The molecule has 3 heteroatoms. The fraction of sp³-hybridized carbons (Fsp3) is 0.278. The lowest BCUT2D eigenvalue weighted by atomic mass is 9.98. The smallest absolute Gasteiger partial charge is 0.141 e. The summed E-state index contributed by atoms with van der Waals surface area (Å²) >= 11 is 0. The van der Waals surface area contributed by atoms with Crippen LogP contribution in [0, 0.1) is 17.2 Å². The highest BCUT2D eigenvalue weighted by atomic mass is 16.5. The quantitative estimate of drug-likeness (QED) is 0.912. The molecule has 0 radical (unpaired) electrons. The summed E-state index contributed by atoms with van der Waals surface area (Å²) in [6.45, 7) is 0.249. The van der Waals surface area contributed by atoms with Gasteiger partial charge in [-0.1, -0.05) is 42.5 Å². The lowest BCUT2D eigenvalue weighted by Crippen LogP contribution is -2.46. The number of hydrogen-bond acceptors (Lipinski definition) is 3. The van der Waals surface area contributed by atoms with Crippen LogP contribution in [-0.2, 0) is 0 Å². The molecule has 106 valence electrons. The van der Waals surface area contributed by atoms with E-state index in [2.05, 4.69) is 18.2 Å². The van der Waals surface area contributed by atoms with Gasteiger partial charge in [-0.05, 0) is 42.0 Å². The number of nitriles is 1. The van der Waals surface area contributed by atoms with E-state index in [0.29, 0.717) is 0 Å². The first-order valence-electron chi connectivity index (χ1n) is 7.20. The van der Waals surface area contributed by atoms with E-state index in [1.807, 2.05) is 42.5 Å². The SMILES string of the molecule is N#CC(N)(COc1ccc(-c2ccccc2)cc1)C1CC1. The Hall–Kier alpha value is -2.31. The van der Waals surface area contributed by atoms with Crippen molar-refractivity contribution in [3.8, 4) is 22.9 Å². The van der Waals surface area contributed by atoms with E-state index >= 15 is 0 Å². The molecule has 1 fully saturated rings. The Balaban J connectivity index is 1.66. The van der Waals surface area contributed by atoms with E-state index in [9.17, 15) is 5.26 Å². The first-order chi connectivity index (χ1) is 10.2. The van der Waals surface area contributed by atoms with Crippen molar-refractivity contribution < 1.29 is 4.74 Å². The van der Waals surface area contributed by atoms with Crippen LogP contribution in [-0.4, -0.2) is 12.1 Å². The molecule has 1 atom stereocenters. The van der Waals surface area contributed by atoms with Crippen LogP contribution in [0.1, 0.15) is 12.8 Å². The van der Waals surface area contributed by atoms with Gasteiger partial charge >= 0.3 is 0 Å². The first-order valence-corrected chi connectivity index (χ1v) is 7.20. The van der Waals surface area contributed by atoms with Gasteiger partial charge in [-0.2, -0.15) is 5.26 Å². The highest BCUT2D eigenvalue weighted by molar-refractivity contribution is 5.63. The molecule has 1 saturated carbocycles. The predicted octanol–water partition coefficient (Wildman–Crippen LogP) is 3.36. The van der Waals surface area contributed by atoms with Crippen molar-refractivity contribution in [2.75, 3.05) is 6.61 Å². The highest BCUT2D eigenvalue weighted by Crippen LogP contribution is 2.38. The van der Waals surface area contributed by atoms with E-state index in [1.165, 1.54) is 5.56 Å². The van der Waals surface area contributed by atoms with E-state index in [-0.39, 0.29) is 12.5 Å². The van der Waals surface area contributed by atoms with Crippen LogP contribution in [0.4, 0.5) is 0 Å². The number of nitrogens with zero attached hydrogens (tertiary/aromatic N) is 1. The maximum atomic E-state index is 9.21. The molecule has 1 unspecified atom stereocenters. The van der Waals surface area contributed by atoms with Crippen molar-refractivity contribution in [3.63, 3.8) is 0 Å². The van der Waals surface area contributed by atoms with Crippen molar-refractivity contribution in [3.05, 3.63) is 54.6 Å². The van der Waals surface area contributed by atoms with Crippen LogP contribution < -0.4 is 10.5 Å². The molecule has 2 aromatic rings. The Labute approximate surface area is 125 Å². The molecule has 1 aliphatic carbocycles. The second-order valence-corrected chi connectivity index (χ2v) is 5.61. The third-order valence-corrected chi connectivity index (χ3v) is 3.95. The fourth-order valence-electron chi connectivity index (χ4n) is 2.42. The molecule has 0 aromatic heterocycles. The number of nitrogens with two attached hydrogens (primary N) is 1. The average molecular weight is 278 g/mol. The van der Waals surface area contributed by atoms with E-state index in [0.717, 1.165) is 24.2 Å². The van der Waals surface area contributed by atoms with Crippen LogP contribution in [0.5, 0.6) is 5.75 Å². The van der Waals surface area contributed by atoms with Crippen LogP contribution in [0.15, 0.2) is 54.6 Å². The fourth-order valence-corrected chi connectivity index (χ4v) is 2.42. The zero-order valence-corrected chi connectivity index (χ0v) is 11.8. The van der Waals surface area contributed by atoms with Gasteiger partial charge in [-0.15, -0.1) is 0 Å². The van der Waals surface area contributed by atoms with E-state index in [1.54, 1.807) is 0 Å². The minimum Gasteiger partial charge on any atom is -0.491 e. The number of benzene rings is 2. The zero-order valence-electron chi connectivity index (χ0n) is 11.8. The molecule has 3 rings (SSSR count). The minimum absolute atomic E-state index is 0.249. The molecule has 0 spiro atoms. The average Bonchev–Trinajstić information content (AvgIpc) is 3.39. The van der Waals surface area contributed by atoms with Crippen LogP contribution in [0.25, 0.3) is 11.1 Å². The molecule has 0 aliphatic heterocycles. The number of ether oxygens (including phenoxy) is 1. The molecule has 0 saturated heterocycles. The first kappa shape index (κ1) is 13.7. The highest BCUT2D eigenvalue weighted by Gasteiger charge is 2.43. The van der Waals surface area contributed by atoms with E-state index in [4.69, 9.17) is 10.5 Å². The third kappa shape index (κ3) is 3.07. The van der Waals surface area contributed by atoms with Crippen molar-refractivity contribution in [2.24, 2.45) is 11.7 Å².